The molecule has 1 heterocycles. The van der Waals surface area contributed by atoms with Gasteiger partial charge in [-0.3, -0.25) is 10.1 Å². The molecule has 0 aliphatic carbocycles. The Hall–Kier alpha value is -3.27. The summed E-state index contributed by atoms with van der Waals surface area (Å²) in [5.41, 5.74) is 7.11. The van der Waals surface area contributed by atoms with E-state index in [2.05, 4.69) is 25.9 Å². The Morgan fingerprint density at radius 3 is 2.78 bits per heavy atom. The fourth-order valence-electron chi connectivity index (χ4n) is 2.98. The normalized spacial score (nSPS) is 10.8. The molecule has 0 aliphatic heterocycles. The Labute approximate surface area is 189 Å². The van der Waals surface area contributed by atoms with Crippen molar-refractivity contribution in [3.63, 3.8) is 0 Å². The van der Waals surface area contributed by atoms with Crippen LogP contribution in [0.25, 0.3) is 11.1 Å². The number of nitrogens with zero attached hydrogens (tertiary/aromatic N) is 1. The van der Waals surface area contributed by atoms with Crippen molar-refractivity contribution in [2.45, 2.75) is 19.9 Å². The molecule has 0 aliphatic rings. The first kappa shape index (κ1) is 23.4. The highest BCUT2D eigenvalue weighted by atomic mass is 35.5. The van der Waals surface area contributed by atoms with E-state index >= 15 is 0 Å². The van der Waals surface area contributed by atoms with Gasteiger partial charge in [-0.25, -0.2) is 9.18 Å². The summed E-state index contributed by atoms with van der Waals surface area (Å²) in [6.45, 7) is 3.44. The van der Waals surface area contributed by atoms with Gasteiger partial charge in [-0.15, -0.1) is 0 Å². The Morgan fingerprint density at radius 1 is 1.25 bits per heavy atom. The lowest BCUT2D eigenvalue weighted by molar-refractivity contribution is 0.262. The zero-order valence-corrected chi connectivity index (χ0v) is 18.2. The monoisotopic (exact) mass is 458 g/mol. The molecule has 3 aromatic rings. The molecule has 8 nitrogen and oxygen atoms in total. The van der Waals surface area contributed by atoms with Crippen LogP contribution in [0.4, 0.5) is 20.8 Å². The molecule has 1 aromatic heterocycles. The van der Waals surface area contributed by atoms with Crippen LogP contribution in [0, 0.1) is 12.7 Å². The number of anilines is 2. The minimum absolute atomic E-state index is 0.0544. The molecule has 0 saturated carbocycles. The minimum atomic E-state index is -0.620. The molecular formula is C22H24ClFN6O2. The van der Waals surface area contributed by atoms with Crippen LogP contribution in [0.3, 0.4) is 0 Å². The molecule has 2 aromatic carbocycles. The quantitative estimate of drug-likeness (QED) is 0.330. The number of hydrogen-bond donors (Lipinski definition) is 5. The van der Waals surface area contributed by atoms with Gasteiger partial charge in [0.25, 0.3) is 5.56 Å². The fraction of sp³-hybridized carbons (Fsp3) is 0.227. The predicted molar refractivity (Wildman–Crippen MR) is 124 cm³/mol. The van der Waals surface area contributed by atoms with Gasteiger partial charge in [-0.1, -0.05) is 35.9 Å². The summed E-state index contributed by atoms with van der Waals surface area (Å²) in [6, 6.07) is 9.15. The number of carbonyl (C=O) groups is 1. The van der Waals surface area contributed by atoms with Crippen molar-refractivity contribution in [1.82, 2.24) is 15.3 Å². The zero-order valence-electron chi connectivity index (χ0n) is 17.5. The van der Waals surface area contributed by atoms with E-state index in [0.29, 0.717) is 41.5 Å². The molecule has 10 heteroatoms. The summed E-state index contributed by atoms with van der Waals surface area (Å²) in [6.07, 6.45) is 2.18. The van der Waals surface area contributed by atoms with Crippen molar-refractivity contribution in [3.05, 3.63) is 74.9 Å². The second-order valence-electron chi connectivity index (χ2n) is 7.11. The number of benzene rings is 2. The second-order valence-corrected chi connectivity index (χ2v) is 7.49. The van der Waals surface area contributed by atoms with Crippen LogP contribution in [-0.4, -0.2) is 29.1 Å². The summed E-state index contributed by atoms with van der Waals surface area (Å²) >= 11 is 6.16. The van der Waals surface area contributed by atoms with Crippen molar-refractivity contribution < 1.29 is 9.18 Å². The summed E-state index contributed by atoms with van der Waals surface area (Å²) < 4.78 is 14.4. The van der Waals surface area contributed by atoms with Crippen LogP contribution in [0.1, 0.15) is 17.5 Å². The Morgan fingerprint density at radius 2 is 2.06 bits per heavy atom. The highest BCUT2D eigenvalue weighted by Gasteiger charge is 2.12. The second kappa shape index (κ2) is 10.9. The predicted octanol–water partition coefficient (Wildman–Crippen LogP) is 3.62. The fourth-order valence-corrected chi connectivity index (χ4v) is 3.15. The number of rotatable bonds is 8. The lowest BCUT2D eigenvalue weighted by Gasteiger charge is -2.10. The zero-order chi connectivity index (χ0) is 23.1. The Bertz CT molecular complexity index is 1170. The molecule has 0 saturated heterocycles. The van der Waals surface area contributed by atoms with Crippen LogP contribution in [0.5, 0.6) is 0 Å². The number of halogens is 2. The van der Waals surface area contributed by atoms with E-state index in [1.54, 1.807) is 24.3 Å². The third-order valence-corrected chi connectivity index (χ3v) is 5.21. The van der Waals surface area contributed by atoms with Crippen molar-refractivity contribution >= 4 is 29.3 Å². The van der Waals surface area contributed by atoms with E-state index in [0.717, 1.165) is 12.0 Å². The standard InChI is InChI=1S/C22H24ClFN6O2/c1-13-4-2-5-18(19(13)23)28-22(32)30-21-27-12-16(20(31)29-21)14-6-7-15(17(24)10-14)11-26-9-3-8-25/h2,4-7,10,12,26H,3,8-9,11,25H2,1H3,(H3,27,28,29,30,31,32). The SMILES string of the molecule is Cc1cccc(NC(=O)Nc2nc(=O)c(-c3ccc(CNCCCN)c(F)c3)c[nH]2)c1Cl. The van der Waals surface area contributed by atoms with Crippen LogP contribution < -0.4 is 27.2 Å². The van der Waals surface area contributed by atoms with E-state index in [-0.39, 0.29) is 11.5 Å². The lowest BCUT2D eigenvalue weighted by Crippen LogP contribution is -2.23. The number of urea groups is 1. The largest absolute Gasteiger partial charge is 0.331 e. The summed E-state index contributed by atoms with van der Waals surface area (Å²) in [5, 5.41) is 8.57. The molecule has 0 fully saturated rings. The van der Waals surface area contributed by atoms with Crippen LogP contribution in [-0.2, 0) is 6.54 Å². The summed E-state index contributed by atoms with van der Waals surface area (Å²) in [4.78, 5) is 31.2. The van der Waals surface area contributed by atoms with Gasteiger partial charge >= 0.3 is 6.03 Å². The van der Waals surface area contributed by atoms with Crippen LogP contribution in [0.15, 0.2) is 47.4 Å². The van der Waals surface area contributed by atoms with Crippen LogP contribution in [0.2, 0.25) is 5.02 Å². The third kappa shape index (κ3) is 5.91. The van der Waals surface area contributed by atoms with E-state index in [1.165, 1.54) is 12.3 Å². The molecule has 3 rings (SSSR count). The topological polar surface area (TPSA) is 125 Å². The first-order valence-electron chi connectivity index (χ1n) is 10.0. The van der Waals surface area contributed by atoms with Crippen molar-refractivity contribution in [3.8, 4) is 11.1 Å². The summed E-state index contributed by atoms with van der Waals surface area (Å²) in [7, 11) is 0. The van der Waals surface area contributed by atoms with Gasteiger partial charge in [-0.2, -0.15) is 4.98 Å². The summed E-state index contributed by atoms with van der Waals surface area (Å²) in [5.74, 6) is -0.486. The van der Waals surface area contributed by atoms with E-state index in [4.69, 9.17) is 17.3 Å². The van der Waals surface area contributed by atoms with Gasteiger partial charge < -0.3 is 21.4 Å². The van der Waals surface area contributed by atoms with E-state index < -0.39 is 17.4 Å². The highest BCUT2D eigenvalue weighted by Crippen LogP contribution is 2.25. The number of aromatic nitrogens is 2. The molecular weight excluding hydrogens is 435 g/mol. The molecule has 168 valence electrons. The molecule has 0 spiro atoms. The minimum Gasteiger partial charge on any atom is -0.331 e. The number of aromatic amines is 1. The van der Waals surface area contributed by atoms with Gasteiger partial charge in [-0.05, 0) is 49.7 Å². The average Bonchev–Trinajstić information content (AvgIpc) is 2.75. The number of nitrogens with one attached hydrogen (secondary N) is 4. The molecule has 32 heavy (non-hydrogen) atoms. The molecule has 2 amide bonds. The van der Waals surface area contributed by atoms with Gasteiger partial charge in [0.05, 0.1) is 16.3 Å². The number of H-pyrrole nitrogens is 1. The average molecular weight is 459 g/mol. The first-order valence-corrected chi connectivity index (χ1v) is 10.4. The van der Waals surface area contributed by atoms with Gasteiger partial charge in [0.2, 0.25) is 5.95 Å². The highest BCUT2D eigenvalue weighted by molar-refractivity contribution is 6.34. The van der Waals surface area contributed by atoms with Gasteiger partial charge in [0.1, 0.15) is 5.82 Å². The van der Waals surface area contributed by atoms with Crippen molar-refractivity contribution in [1.29, 1.82) is 0 Å². The lowest BCUT2D eigenvalue weighted by atomic mass is 10.1. The third-order valence-electron chi connectivity index (χ3n) is 4.71. The van der Waals surface area contributed by atoms with E-state index in [9.17, 15) is 14.0 Å². The molecule has 6 N–H and O–H groups in total. The smallest absolute Gasteiger partial charge is 0.326 e. The van der Waals surface area contributed by atoms with Crippen molar-refractivity contribution in [2.75, 3.05) is 23.7 Å². The molecule has 0 atom stereocenters. The molecule has 0 unspecified atom stereocenters. The molecule has 0 bridgehead atoms. The Balaban J connectivity index is 1.68. The van der Waals surface area contributed by atoms with Crippen molar-refractivity contribution in [2.24, 2.45) is 5.73 Å². The number of amides is 2. The van der Waals surface area contributed by atoms with E-state index in [1.807, 2.05) is 13.0 Å². The number of carbonyl (C=O) groups excluding carboxylic acids is 1. The maximum Gasteiger partial charge on any atom is 0.326 e. The van der Waals surface area contributed by atoms with Gasteiger partial charge in [0, 0.05) is 18.3 Å². The first-order chi connectivity index (χ1) is 15.4. The maximum atomic E-state index is 14.4. The van der Waals surface area contributed by atoms with Gasteiger partial charge in [0.15, 0.2) is 0 Å². The maximum absolute atomic E-state index is 14.4. The number of nitrogens with two attached hydrogens (primary N) is 1. The molecule has 0 radical (unpaired) electrons. The number of hydrogen-bond acceptors (Lipinski definition) is 5. The van der Waals surface area contributed by atoms with Crippen LogP contribution >= 0.6 is 11.6 Å². The number of aryl methyl sites for hydroxylation is 1. The Kier molecular flexibility index (Phi) is 7.93.